The SMILES string of the molecule is CCCN1CCC[C@@H]2c3cccc4c3c(c(CC)n4C(=O)OC)C[C@H]21. The average Bonchev–Trinajstić information content (AvgIpc) is 2.97. The molecule has 0 spiro atoms. The van der Waals surface area contributed by atoms with Crippen LogP contribution in [0.5, 0.6) is 0 Å². The van der Waals surface area contributed by atoms with Crippen LogP contribution in [0.2, 0.25) is 0 Å². The number of fused-ring (bicyclic) bond motifs is 2. The fourth-order valence-corrected chi connectivity index (χ4v) is 5.23. The maximum atomic E-state index is 12.5. The predicted molar refractivity (Wildman–Crippen MR) is 100 cm³/mol. The highest BCUT2D eigenvalue weighted by Crippen LogP contribution is 2.45. The lowest BCUT2D eigenvalue weighted by Crippen LogP contribution is -2.47. The van der Waals surface area contributed by atoms with E-state index in [1.807, 2.05) is 4.57 Å². The van der Waals surface area contributed by atoms with Crippen LogP contribution in [0.4, 0.5) is 4.79 Å². The Kier molecular flexibility index (Phi) is 4.32. The van der Waals surface area contributed by atoms with Crippen LogP contribution in [0.25, 0.3) is 10.9 Å². The van der Waals surface area contributed by atoms with Crippen molar-refractivity contribution in [3.05, 3.63) is 35.0 Å². The number of hydrogen-bond donors (Lipinski definition) is 0. The number of methoxy groups -OCH3 is 1. The minimum absolute atomic E-state index is 0.263. The number of likely N-dealkylation sites (tertiary alicyclic amines) is 1. The quantitative estimate of drug-likeness (QED) is 0.834. The van der Waals surface area contributed by atoms with Crippen molar-refractivity contribution in [1.82, 2.24) is 9.47 Å². The molecular formula is C21H28N2O2. The second-order valence-electron chi connectivity index (χ2n) is 7.38. The van der Waals surface area contributed by atoms with Crippen LogP contribution in [0.3, 0.4) is 0 Å². The first-order valence-electron chi connectivity index (χ1n) is 9.68. The molecule has 0 saturated carbocycles. The van der Waals surface area contributed by atoms with Gasteiger partial charge in [-0.1, -0.05) is 26.0 Å². The molecular weight excluding hydrogens is 312 g/mol. The number of hydrogen-bond acceptors (Lipinski definition) is 3. The molecule has 25 heavy (non-hydrogen) atoms. The molecule has 1 aliphatic heterocycles. The van der Waals surface area contributed by atoms with Crippen LogP contribution >= 0.6 is 0 Å². The highest BCUT2D eigenvalue weighted by Gasteiger charge is 2.39. The summed E-state index contributed by atoms with van der Waals surface area (Å²) in [5.74, 6) is 0.592. The minimum atomic E-state index is -0.263. The van der Waals surface area contributed by atoms with Gasteiger partial charge in [0.2, 0.25) is 0 Å². The number of rotatable bonds is 3. The summed E-state index contributed by atoms with van der Waals surface area (Å²) in [4.78, 5) is 15.2. The number of aromatic nitrogens is 1. The summed E-state index contributed by atoms with van der Waals surface area (Å²) < 4.78 is 6.91. The van der Waals surface area contributed by atoms with E-state index in [1.54, 1.807) is 0 Å². The lowest BCUT2D eigenvalue weighted by molar-refractivity contribution is 0.124. The molecule has 134 valence electrons. The van der Waals surface area contributed by atoms with Gasteiger partial charge in [-0.3, -0.25) is 4.90 Å². The normalized spacial score (nSPS) is 22.8. The van der Waals surface area contributed by atoms with Crippen LogP contribution < -0.4 is 0 Å². The fraction of sp³-hybridized carbons (Fsp3) is 0.571. The van der Waals surface area contributed by atoms with Gasteiger partial charge in [0.15, 0.2) is 0 Å². The Bertz CT molecular complexity index is 806. The molecule has 2 aromatic rings. The zero-order valence-electron chi connectivity index (χ0n) is 15.5. The van der Waals surface area contributed by atoms with Crippen molar-refractivity contribution in [3.8, 4) is 0 Å². The van der Waals surface area contributed by atoms with Gasteiger partial charge >= 0.3 is 6.09 Å². The van der Waals surface area contributed by atoms with Gasteiger partial charge in [-0.25, -0.2) is 9.36 Å². The molecule has 0 amide bonds. The van der Waals surface area contributed by atoms with Gasteiger partial charge in [-0.15, -0.1) is 0 Å². The largest absolute Gasteiger partial charge is 0.452 e. The van der Waals surface area contributed by atoms with Gasteiger partial charge in [0.25, 0.3) is 0 Å². The lowest BCUT2D eigenvalue weighted by atomic mass is 9.74. The first kappa shape index (κ1) is 16.6. The van der Waals surface area contributed by atoms with Gasteiger partial charge in [0.1, 0.15) is 0 Å². The molecule has 0 bridgehead atoms. The molecule has 2 heterocycles. The topological polar surface area (TPSA) is 34.5 Å². The number of carbonyl (C=O) groups is 1. The van der Waals surface area contributed by atoms with Crippen molar-refractivity contribution in [1.29, 1.82) is 0 Å². The Morgan fingerprint density at radius 3 is 2.88 bits per heavy atom. The molecule has 2 atom stereocenters. The van der Waals surface area contributed by atoms with E-state index in [9.17, 15) is 4.79 Å². The number of nitrogens with zero attached hydrogens (tertiary/aromatic N) is 2. The second kappa shape index (κ2) is 6.49. The molecule has 0 unspecified atom stereocenters. The maximum absolute atomic E-state index is 12.5. The highest BCUT2D eigenvalue weighted by molar-refractivity contribution is 5.96. The molecule has 0 radical (unpaired) electrons. The van der Waals surface area contributed by atoms with Gasteiger partial charge < -0.3 is 4.74 Å². The molecule has 4 nitrogen and oxygen atoms in total. The van der Waals surface area contributed by atoms with Crippen molar-refractivity contribution in [3.63, 3.8) is 0 Å². The van der Waals surface area contributed by atoms with E-state index in [-0.39, 0.29) is 6.09 Å². The Hall–Kier alpha value is -1.81. The Morgan fingerprint density at radius 1 is 1.32 bits per heavy atom. The fourth-order valence-electron chi connectivity index (χ4n) is 5.23. The number of benzene rings is 1. The van der Waals surface area contributed by atoms with E-state index in [1.165, 1.54) is 56.0 Å². The first-order chi connectivity index (χ1) is 12.2. The van der Waals surface area contributed by atoms with Gasteiger partial charge in [0.05, 0.1) is 12.6 Å². The number of carbonyl (C=O) groups excluding carboxylic acids is 1. The molecule has 2 aliphatic rings. The molecule has 4 rings (SSSR count). The van der Waals surface area contributed by atoms with Crippen LogP contribution in [0.15, 0.2) is 18.2 Å². The third kappa shape index (κ3) is 2.42. The summed E-state index contributed by atoms with van der Waals surface area (Å²) in [5, 5.41) is 1.32. The van der Waals surface area contributed by atoms with Gasteiger partial charge in [-0.2, -0.15) is 0 Å². The number of piperidine rings is 1. The van der Waals surface area contributed by atoms with Crippen LogP contribution in [0.1, 0.15) is 55.8 Å². The number of ether oxygens (including phenoxy) is 1. The minimum Gasteiger partial charge on any atom is -0.452 e. The Morgan fingerprint density at radius 2 is 2.16 bits per heavy atom. The third-order valence-electron chi connectivity index (χ3n) is 6.15. The van der Waals surface area contributed by atoms with Crippen molar-refractivity contribution in [2.45, 2.75) is 57.9 Å². The zero-order chi connectivity index (χ0) is 17.6. The second-order valence-corrected chi connectivity index (χ2v) is 7.38. The molecule has 1 aromatic carbocycles. The average molecular weight is 340 g/mol. The van der Waals surface area contributed by atoms with Gasteiger partial charge in [-0.05, 0) is 62.4 Å². The van der Waals surface area contributed by atoms with E-state index in [4.69, 9.17) is 4.74 Å². The summed E-state index contributed by atoms with van der Waals surface area (Å²) in [6.45, 7) is 6.79. The van der Waals surface area contributed by atoms with E-state index in [2.05, 4.69) is 36.9 Å². The smallest absolute Gasteiger partial charge is 0.418 e. The Balaban J connectivity index is 1.93. The molecule has 4 heteroatoms. The highest BCUT2D eigenvalue weighted by atomic mass is 16.5. The molecule has 1 fully saturated rings. The third-order valence-corrected chi connectivity index (χ3v) is 6.15. The summed E-state index contributed by atoms with van der Waals surface area (Å²) in [5.41, 5.74) is 4.99. The van der Waals surface area contributed by atoms with Crippen LogP contribution in [0, 0.1) is 0 Å². The van der Waals surface area contributed by atoms with Crippen molar-refractivity contribution in [2.75, 3.05) is 20.2 Å². The molecule has 1 aliphatic carbocycles. The standard InChI is InChI=1S/C21H28N2O2/c1-4-11-22-12-7-9-14-15-8-6-10-18-20(15)16(13-19(14)22)17(5-2)23(18)21(24)25-3/h6,8,10,14,19H,4-5,7,9,11-13H2,1-3H3/t14-,19-/m1/s1. The first-order valence-corrected chi connectivity index (χ1v) is 9.68. The molecule has 1 saturated heterocycles. The predicted octanol–water partition coefficient (Wildman–Crippen LogP) is 4.33. The van der Waals surface area contributed by atoms with Crippen LogP contribution in [-0.4, -0.2) is 41.8 Å². The molecule has 1 aromatic heterocycles. The maximum Gasteiger partial charge on any atom is 0.418 e. The molecule has 0 N–H and O–H groups in total. The lowest BCUT2D eigenvalue weighted by Gasteiger charge is -2.44. The van der Waals surface area contributed by atoms with Gasteiger partial charge in [0, 0.05) is 23.0 Å². The summed E-state index contributed by atoms with van der Waals surface area (Å²) in [6.07, 6.45) is 5.37. The zero-order valence-corrected chi connectivity index (χ0v) is 15.5. The summed E-state index contributed by atoms with van der Waals surface area (Å²) in [6, 6.07) is 7.05. The van der Waals surface area contributed by atoms with Crippen molar-refractivity contribution in [2.24, 2.45) is 0 Å². The monoisotopic (exact) mass is 340 g/mol. The van der Waals surface area contributed by atoms with Crippen LogP contribution in [-0.2, 0) is 17.6 Å². The van der Waals surface area contributed by atoms with E-state index in [0.717, 1.165) is 24.1 Å². The van der Waals surface area contributed by atoms with Crippen molar-refractivity contribution >= 4 is 17.0 Å². The van der Waals surface area contributed by atoms with Crippen molar-refractivity contribution < 1.29 is 9.53 Å². The Labute approximate surface area is 149 Å². The summed E-state index contributed by atoms with van der Waals surface area (Å²) >= 11 is 0. The summed E-state index contributed by atoms with van der Waals surface area (Å²) in [7, 11) is 1.47. The van der Waals surface area contributed by atoms with E-state index < -0.39 is 0 Å². The van der Waals surface area contributed by atoms with E-state index >= 15 is 0 Å². The van der Waals surface area contributed by atoms with E-state index in [0.29, 0.717) is 12.0 Å².